The van der Waals surface area contributed by atoms with Gasteiger partial charge in [0.25, 0.3) is 5.56 Å². The van der Waals surface area contributed by atoms with Crippen LogP contribution < -0.4 is 5.56 Å². The maximum Gasteiger partial charge on any atom is 0.266 e. The molecule has 0 radical (unpaired) electrons. The molecular weight excluding hydrogens is 219 g/mol. The molecule has 3 nitrogen and oxygen atoms in total. The van der Waals surface area contributed by atoms with Crippen molar-refractivity contribution in [1.82, 2.24) is 9.97 Å². The first kappa shape index (κ1) is 9.86. The molecule has 0 fully saturated rings. The molecule has 1 heterocycles. The topological polar surface area (TPSA) is 45.8 Å². The zero-order chi connectivity index (χ0) is 10.8. The minimum atomic E-state index is -0.432. The first-order chi connectivity index (χ1) is 7.16. The summed E-state index contributed by atoms with van der Waals surface area (Å²) in [7, 11) is 0. The number of aromatic amines is 1. The van der Waals surface area contributed by atoms with Crippen molar-refractivity contribution < 1.29 is 4.39 Å². The minimum Gasteiger partial charge on any atom is -0.326 e. The first-order valence-electron chi connectivity index (χ1n) is 4.17. The number of aromatic nitrogens is 2. The molecule has 76 valence electrons. The summed E-state index contributed by atoms with van der Waals surface area (Å²) in [6, 6.07) is 4.16. The lowest BCUT2D eigenvalue weighted by Gasteiger charge is -2.01. The molecule has 0 bridgehead atoms. The van der Waals surface area contributed by atoms with Crippen LogP contribution in [0.3, 0.4) is 0 Å². The molecule has 1 aromatic heterocycles. The van der Waals surface area contributed by atoms with Gasteiger partial charge in [0, 0.05) is 16.8 Å². The lowest BCUT2D eigenvalue weighted by molar-refractivity contribution is 0.630. The fourth-order valence-corrected chi connectivity index (χ4v) is 1.36. The Balaban J connectivity index is 2.58. The van der Waals surface area contributed by atoms with Crippen LogP contribution in [-0.4, -0.2) is 9.97 Å². The molecule has 0 atom stereocenters. The molecular formula is C10H6ClFN2O. The van der Waals surface area contributed by atoms with Gasteiger partial charge in [-0.15, -0.1) is 0 Å². The normalized spacial score (nSPS) is 10.3. The molecule has 0 aliphatic heterocycles. The van der Waals surface area contributed by atoms with Gasteiger partial charge >= 0.3 is 0 Å². The van der Waals surface area contributed by atoms with Gasteiger partial charge in [-0.05, 0) is 18.2 Å². The Kier molecular flexibility index (Phi) is 2.51. The van der Waals surface area contributed by atoms with Crippen LogP contribution in [0.15, 0.2) is 35.4 Å². The van der Waals surface area contributed by atoms with Crippen molar-refractivity contribution in [2.24, 2.45) is 0 Å². The van der Waals surface area contributed by atoms with Crippen molar-refractivity contribution in [3.05, 3.63) is 51.8 Å². The van der Waals surface area contributed by atoms with Crippen LogP contribution in [0.25, 0.3) is 11.3 Å². The van der Waals surface area contributed by atoms with Gasteiger partial charge in [-0.2, -0.15) is 0 Å². The second-order valence-corrected chi connectivity index (χ2v) is 3.36. The maximum atomic E-state index is 13.4. The largest absolute Gasteiger partial charge is 0.326 e. The molecule has 5 heteroatoms. The van der Waals surface area contributed by atoms with Crippen LogP contribution >= 0.6 is 11.6 Å². The highest BCUT2D eigenvalue weighted by atomic mass is 35.5. The van der Waals surface area contributed by atoms with E-state index in [4.69, 9.17) is 11.6 Å². The third kappa shape index (κ3) is 2.05. The van der Waals surface area contributed by atoms with Crippen LogP contribution in [0.2, 0.25) is 5.02 Å². The highest BCUT2D eigenvalue weighted by Crippen LogP contribution is 2.23. The third-order valence-electron chi connectivity index (χ3n) is 1.88. The van der Waals surface area contributed by atoms with Crippen molar-refractivity contribution in [2.75, 3.05) is 0 Å². The first-order valence-corrected chi connectivity index (χ1v) is 4.55. The van der Waals surface area contributed by atoms with E-state index in [0.717, 1.165) is 6.20 Å². The van der Waals surface area contributed by atoms with E-state index in [2.05, 4.69) is 9.97 Å². The summed E-state index contributed by atoms with van der Waals surface area (Å²) in [6.45, 7) is 0. The second-order valence-electron chi connectivity index (χ2n) is 2.92. The average molecular weight is 225 g/mol. The van der Waals surface area contributed by atoms with Crippen molar-refractivity contribution in [1.29, 1.82) is 0 Å². The number of rotatable bonds is 1. The van der Waals surface area contributed by atoms with E-state index in [1.165, 1.54) is 24.4 Å². The van der Waals surface area contributed by atoms with Gasteiger partial charge in [0.05, 0.1) is 11.9 Å². The van der Waals surface area contributed by atoms with Gasteiger partial charge in [-0.25, -0.2) is 9.37 Å². The molecule has 0 saturated carbocycles. The molecule has 1 aromatic carbocycles. The molecule has 0 unspecified atom stereocenters. The van der Waals surface area contributed by atoms with Crippen LogP contribution in [0.4, 0.5) is 4.39 Å². The van der Waals surface area contributed by atoms with Crippen LogP contribution in [0.1, 0.15) is 0 Å². The molecule has 15 heavy (non-hydrogen) atoms. The molecule has 0 saturated heterocycles. The Labute approximate surface area is 89.6 Å². The summed E-state index contributed by atoms with van der Waals surface area (Å²) in [5, 5.41) is 0.416. The van der Waals surface area contributed by atoms with E-state index in [1.807, 2.05) is 0 Å². The molecule has 0 aliphatic carbocycles. The number of halogens is 2. The highest BCUT2D eigenvalue weighted by Gasteiger charge is 2.06. The number of nitrogens with zero attached hydrogens (tertiary/aromatic N) is 1. The molecule has 0 aliphatic rings. The third-order valence-corrected chi connectivity index (χ3v) is 2.11. The van der Waals surface area contributed by atoms with E-state index in [-0.39, 0.29) is 11.1 Å². The lowest BCUT2D eigenvalue weighted by atomic mass is 10.1. The Hall–Kier alpha value is -1.68. The Morgan fingerprint density at radius 2 is 2.20 bits per heavy atom. The van der Waals surface area contributed by atoms with Gasteiger partial charge in [-0.1, -0.05) is 11.6 Å². The fraction of sp³-hybridized carbons (Fsp3) is 0. The van der Waals surface area contributed by atoms with Crippen molar-refractivity contribution in [3.8, 4) is 11.3 Å². The predicted molar refractivity (Wildman–Crippen MR) is 55.3 cm³/mol. The summed E-state index contributed by atoms with van der Waals surface area (Å²) in [4.78, 5) is 17.0. The summed E-state index contributed by atoms with van der Waals surface area (Å²) in [6.07, 6.45) is 2.44. The zero-order valence-electron chi connectivity index (χ0n) is 7.50. The number of H-pyrrole nitrogens is 1. The van der Waals surface area contributed by atoms with Gasteiger partial charge in [0.1, 0.15) is 5.82 Å². The van der Waals surface area contributed by atoms with Gasteiger partial charge in [0.2, 0.25) is 0 Å². The van der Waals surface area contributed by atoms with Gasteiger partial charge in [-0.3, -0.25) is 4.79 Å². The Bertz CT molecular complexity index is 533. The van der Waals surface area contributed by atoms with Crippen molar-refractivity contribution in [2.45, 2.75) is 0 Å². The number of hydrogen-bond acceptors (Lipinski definition) is 2. The Morgan fingerprint density at radius 1 is 1.40 bits per heavy atom. The van der Waals surface area contributed by atoms with E-state index in [0.29, 0.717) is 10.7 Å². The van der Waals surface area contributed by atoms with E-state index in [1.54, 1.807) is 0 Å². The summed E-state index contributed by atoms with van der Waals surface area (Å²) < 4.78 is 13.4. The smallest absolute Gasteiger partial charge is 0.266 e. The SMILES string of the molecule is O=c1cnc(-c2cc(Cl)ccc2F)c[nH]1. The zero-order valence-corrected chi connectivity index (χ0v) is 8.25. The highest BCUT2D eigenvalue weighted by molar-refractivity contribution is 6.30. The van der Waals surface area contributed by atoms with Crippen molar-refractivity contribution >= 4 is 11.6 Å². The van der Waals surface area contributed by atoms with E-state index < -0.39 is 5.82 Å². The van der Waals surface area contributed by atoms with E-state index >= 15 is 0 Å². The number of hydrogen-bond donors (Lipinski definition) is 1. The summed E-state index contributed by atoms with van der Waals surface area (Å²) >= 11 is 5.73. The van der Waals surface area contributed by atoms with Gasteiger partial charge in [0.15, 0.2) is 0 Å². The monoisotopic (exact) mass is 224 g/mol. The lowest BCUT2D eigenvalue weighted by Crippen LogP contribution is -2.04. The molecule has 0 amide bonds. The molecule has 0 spiro atoms. The van der Waals surface area contributed by atoms with E-state index in [9.17, 15) is 9.18 Å². The maximum absolute atomic E-state index is 13.4. The molecule has 2 aromatic rings. The van der Waals surface area contributed by atoms with Crippen LogP contribution in [0, 0.1) is 5.82 Å². The predicted octanol–water partition coefficient (Wildman–Crippen LogP) is 2.23. The average Bonchev–Trinajstić information content (AvgIpc) is 2.23. The minimum absolute atomic E-state index is 0.263. The summed E-state index contributed by atoms with van der Waals surface area (Å²) in [5.41, 5.74) is 0.273. The van der Waals surface area contributed by atoms with Crippen molar-refractivity contribution in [3.63, 3.8) is 0 Å². The molecule has 1 N–H and O–H groups in total. The molecule has 2 rings (SSSR count). The quantitative estimate of drug-likeness (QED) is 0.808. The van der Waals surface area contributed by atoms with Gasteiger partial charge < -0.3 is 4.98 Å². The standard InChI is InChI=1S/C10H6ClFN2O/c11-6-1-2-8(12)7(3-6)9-4-14-10(15)5-13-9/h1-5H,(H,14,15). The second kappa shape index (κ2) is 3.82. The van der Waals surface area contributed by atoms with Crippen LogP contribution in [-0.2, 0) is 0 Å². The fourth-order valence-electron chi connectivity index (χ4n) is 1.18. The Morgan fingerprint density at radius 3 is 2.87 bits per heavy atom. The number of nitrogens with one attached hydrogen (secondary N) is 1. The number of benzene rings is 1. The van der Waals surface area contributed by atoms with Crippen LogP contribution in [0.5, 0.6) is 0 Å². The summed E-state index contributed by atoms with van der Waals surface area (Å²) in [5.74, 6) is -0.432.